The number of anilines is 1. The van der Waals surface area contributed by atoms with Gasteiger partial charge in [-0.15, -0.1) is 0 Å². The lowest BCUT2D eigenvalue weighted by Crippen LogP contribution is -2.26. The molecule has 2 aromatic heterocycles. The lowest BCUT2D eigenvalue weighted by Gasteiger charge is -2.24. The van der Waals surface area contributed by atoms with Crippen molar-refractivity contribution in [2.45, 2.75) is 25.4 Å². The highest BCUT2D eigenvalue weighted by Crippen LogP contribution is 2.36. The molecule has 0 amide bonds. The zero-order valence-electron chi connectivity index (χ0n) is 11.4. The van der Waals surface area contributed by atoms with E-state index < -0.39 is 0 Å². The number of nitrogens with zero attached hydrogens (tertiary/aromatic N) is 3. The molecule has 3 nitrogen and oxygen atoms in total. The van der Waals surface area contributed by atoms with Gasteiger partial charge in [0.05, 0.1) is 5.52 Å². The van der Waals surface area contributed by atoms with Gasteiger partial charge in [-0.2, -0.15) is 16.3 Å². The monoisotopic (exact) mass is 315 g/mol. The number of para-hydroxylation sites is 1. The van der Waals surface area contributed by atoms with Gasteiger partial charge in [-0.3, -0.25) is 0 Å². The van der Waals surface area contributed by atoms with Crippen molar-refractivity contribution in [3.05, 3.63) is 51.9 Å². The zero-order chi connectivity index (χ0) is 14.2. The van der Waals surface area contributed by atoms with Gasteiger partial charge in [-0.25, -0.2) is 4.98 Å². The van der Waals surface area contributed by atoms with E-state index in [4.69, 9.17) is 11.6 Å². The van der Waals surface area contributed by atoms with Crippen molar-refractivity contribution < 1.29 is 0 Å². The third-order valence-electron chi connectivity index (χ3n) is 3.75. The van der Waals surface area contributed by atoms with Gasteiger partial charge in [-0.1, -0.05) is 12.1 Å². The highest BCUT2D eigenvalue weighted by molar-refractivity contribution is 7.07. The minimum atomic E-state index is 0.319. The third-order valence-corrected chi connectivity index (χ3v) is 4.65. The first kappa shape index (κ1) is 13.0. The predicted molar refractivity (Wildman–Crippen MR) is 88.1 cm³/mol. The van der Waals surface area contributed by atoms with Crippen molar-refractivity contribution >= 4 is 39.7 Å². The Bertz CT molecular complexity index is 768. The van der Waals surface area contributed by atoms with E-state index >= 15 is 0 Å². The van der Waals surface area contributed by atoms with Crippen LogP contribution in [0.3, 0.4) is 0 Å². The summed E-state index contributed by atoms with van der Waals surface area (Å²) < 4.78 is 0. The van der Waals surface area contributed by atoms with Gasteiger partial charge in [0.25, 0.3) is 0 Å². The zero-order valence-corrected chi connectivity index (χ0v) is 12.9. The first-order valence-electron chi connectivity index (χ1n) is 7.01. The van der Waals surface area contributed by atoms with Crippen LogP contribution in [0.1, 0.15) is 18.4 Å². The van der Waals surface area contributed by atoms with E-state index in [9.17, 15) is 0 Å². The van der Waals surface area contributed by atoms with Crippen molar-refractivity contribution in [2.24, 2.45) is 0 Å². The summed E-state index contributed by atoms with van der Waals surface area (Å²) in [5.41, 5.74) is 2.23. The maximum absolute atomic E-state index is 6.13. The largest absolute Gasteiger partial charge is 0.349 e. The van der Waals surface area contributed by atoms with E-state index in [2.05, 4.69) is 37.8 Å². The molecule has 0 N–H and O–H groups in total. The summed E-state index contributed by atoms with van der Waals surface area (Å²) >= 11 is 7.86. The molecular weight excluding hydrogens is 302 g/mol. The second-order valence-corrected chi connectivity index (χ2v) is 6.44. The molecule has 0 atom stereocenters. The summed E-state index contributed by atoms with van der Waals surface area (Å²) in [5, 5.41) is 5.70. The number of fused-ring (bicyclic) bond motifs is 1. The van der Waals surface area contributed by atoms with Crippen LogP contribution in [0.5, 0.6) is 0 Å². The number of halogens is 1. The molecule has 0 bridgehead atoms. The Morgan fingerprint density at radius 1 is 1.19 bits per heavy atom. The van der Waals surface area contributed by atoms with Crippen LogP contribution < -0.4 is 4.90 Å². The van der Waals surface area contributed by atoms with E-state index in [-0.39, 0.29) is 0 Å². The molecule has 0 radical (unpaired) electrons. The smallest absolute Gasteiger partial charge is 0.224 e. The van der Waals surface area contributed by atoms with Crippen molar-refractivity contribution in [1.29, 1.82) is 0 Å². The molecule has 1 aliphatic rings. The van der Waals surface area contributed by atoms with Crippen LogP contribution in [0.4, 0.5) is 5.82 Å². The average molecular weight is 316 g/mol. The van der Waals surface area contributed by atoms with Gasteiger partial charge < -0.3 is 4.90 Å². The Morgan fingerprint density at radius 2 is 2.05 bits per heavy atom. The lowest BCUT2D eigenvalue weighted by atomic mass is 10.2. The van der Waals surface area contributed by atoms with Crippen LogP contribution in [-0.4, -0.2) is 16.0 Å². The summed E-state index contributed by atoms with van der Waals surface area (Å²) in [5.74, 6) is 0.958. The van der Waals surface area contributed by atoms with Crippen LogP contribution in [-0.2, 0) is 6.54 Å². The molecular formula is C16H14ClN3S. The van der Waals surface area contributed by atoms with Crippen LogP contribution in [0.2, 0.25) is 5.28 Å². The minimum absolute atomic E-state index is 0.319. The molecule has 1 saturated carbocycles. The Labute approximate surface area is 132 Å². The molecule has 21 heavy (non-hydrogen) atoms. The van der Waals surface area contributed by atoms with Crippen molar-refractivity contribution in [3.8, 4) is 0 Å². The normalized spacial score (nSPS) is 14.5. The van der Waals surface area contributed by atoms with Gasteiger partial charge in [0, 0.05) is 18.0 Å². The maximum Gasteiger partial charge on any atom is 0.224 e. The summed E-state index contributed by atoms with van der Waals surface area (Å²) in [7, 11) is 0. The first-order chi connectivity index (χ1) is 10.3. The van der Waals surface area contributed by atoms with Gasteiger partial charge in [-0.05, 0) is 59.0 Å². The van der Waals surface area contributed by atoms with E-state index in [1.807, 2.05) is 18.2 Å². The third kappa shape index (κ3) is 2.61. The van der Waals surface area contributed by atoms with Crippen molar-refractivity contribution in [1.82, 2.24) is 9.97 Å². The second kappa shape index (κ2) is 5.28. The minimum Gasteiger partial charge on any atom is -0.349 e. The standard InChI is InChI=1S/C16H14ClN3S/c17-16-18-14-4-2-1-3-13(14)15(19-16)20(12-5-6-12)9-11-7-8-21-10-11/h1-4,7-8,10,12H,5-6,9H2. The Balaban J connectivity index is 1.82. The van der Waals surface area contributed by atoms with Crippen molar-refractivity contribution in [3.63, 3.8) is 0 Å². The number of thiophene rings is 1. The average Bonchev–Trinajstić information content (AvgIpc) is 3.20. The lowest BCUT2D eigenvalue weighted by molar-refractivity contribution is 0.783. The Kier molecular flexibility index (Phi) is 3.28. The quantitative estimate of drug-likeness (QED) is 0.663. The van der Waals surface area contributed by atoms with Gasteiger partial charge in [0.15, 0.2) is 0 Å². The summed E-state index contributed by atoms with van der Waals surface area (Å²) in [6.07, 6.45) is 2.44. The summed E-state index contributed by atoms with van der Waals surface area (Å²) in [4.78, 5) is 11.2. The Hall–Kier alpha value is -1.65. The number of hydrogen-bond acceptors (Lipinski definition) is 4. The number of aromatic nitrogens is 2. The molecule has 5 heteroatoms. The Morgan fingerprint density at radius 3 is 2.81 bits per heavy atom. The van der Waals surface area contributed by atoms with Gasteiger partial charge in [0.2, 0.25) is 5.28 Å². The second-order valence-electron chi connectivity index (χ2n) is 5.32. The topological polar surface area (TPSA) is 29.0 Å². The number of hydrogen-bond donors (Lipinski definition) is 0. The fourth-order valence-corrected chi connectivity index (χ4v) is 3.42. The summed E-state index contributed by atoms with van der Waals surface area (Å²) in [6, 6.07) is 10.8. The first-order valence-corrected chi connectivity index (χ1v) is 8.33. The molecule has 0 unspecified atom stereocenters. The van der Waals surface area contributed by atoms with E-state index in [0.29, 0.717) is 11.3 Å². The molecule has 0 aliphatic heterocycles. The maximum atomic E-state index is 6.13. The highest BCUT2D eigenvalue weighted by Gasteiger charge is 2.31. The van der Waals surface area contributed by atoms with Crippen molar-refractivity contribution in [2.75, 3.05) is 4.90 Å². The van der Waals surface area contributed by atoms with E-state index in [1.165, 1.54) is 18.4 Å². The molecule has 106 valence electrons. The van der Waals surface area contributed by atoms with Crippen LogP contribution in [0.25, 0.3) is 10.9 Å². The fraction of sp³-hybridized carbons (Fsp3) is 0.250. The molecule has 2 heterocycles. The van der Waals surface area contributed by atoms with E-state index in [0.717, 1.165) is 23.3 Å². The number of rotatable bonds is 4. The molecule has 1 aromatic carbocycles. The SMILES string of the molecule is Clc1nc(N(Cc2ccsc2)C2CC2)c2ccccc2n1. The molecule has 1 aliphatic carbocycles. The molecule has 4 rings (SSSR count). The van der Waals surface area contributed by atoms with Gasteiger partial charge in [0.1, 0.15) is 5.82 Å². The number of benzene rings is 1. The molecule has 3 aromatic rings. The molecule has 1 fully saturated rings. The van der Waals surface area contributed by atoms with Gasteiger partial charge >= 0.3 is 0 Å². The predicted octanol–water partition coefficient (Wildman–Crippen LogP) is 4.51. The fourth-order valence-electron chi connectivity index (χ4n) is 2.59. The molecule has 0 spiro atoms. The van der Waals surface area contributed by atoms with Crippen LogP contribution >= 0.6 is 22.9 Å². The summed E-state index contributed by atoms with van der Waals surface area (Å²) in [6.45, 7) is 0.880. The van der Waals surface area contributed by atoms with Crippen LogP contribution in [0, 0.1) is 0 Å². The van der Waals surface area contributed by atoms with E-state index in [1.54, 1.807) is 11.3 Å². The van der Waals surface area contributed by atoms with Crippen LogP contribution in [0.15, 0.2) is 41.1 Å². The highest BCUT2D eigenvalue weighted by atomic mass is 35.5. The molecule has 0 saturated heterocycles.